The first-order valence-electron chi connectivity index (χ1n) is 3.99. The van der Waals surface area contributed by atoms with Crippen LogP contribution in [0.5, 0.6) is 0 Å². The van der Waals surface area contributed by atoms with Crippen molar-refractivity contribution in [3.63, 3.8) is 0 Å². The Balaban J connectivity index is 2.89. The zero-order valence-electron chi connectivity index (χ0n) is 7.31. The molecule has 7 heteroatoms. The van der Waals surface area contributed by atoms with Crippen LogP contribution in [0.25, 0.3) is 10.9 Å². The highest BCUT2D eigenvalue weighted by atomic mass is 32.1. The second-order valence-corrected chi connectivity index (χ2v) is 3.30. The average molecular weight is 223 g/mol. The Hall–Kier alpha value is -2.02. The first-order chi connectivity index (χ1) is 7.08. The molecule has 0 atom stereocenters. The van der Waals surface area contributed by atoms with Gasteiger partial charge < -0.3 is 4.98 Å². The number of hydrogen-bond donors (Lipinski definition) is 2. The number of non-ortho nitro benzene ring substituents is 1. The molecule has 1 aromatic carbocycles. The van der Waals surface area contributed by atoms with Gasteiger partial charge in [-0.15, -0.1) is 0 Å². The number of aromatic nitrogens is 2. The molecule has 0 unspecified atom stereocenters. The van der Waals surface area contributed by atoms with Crippen molar-refractivity contribution >= 4 is 28.8 Å². The SMILES string of the molecule is O=c1[nH]c(=S)c2cc([N+](=O)[O-])ccc2[nH]1. The molecule has 0 spiro atoms. The van der Waals surface area contributed by atoms with Gasteiger partial charge in [0.1, 0.15) is 4.64 Å². The van der Waals surface area contributed by atoms with E-state index in [-0.39, 0.29) is 10.3 Å². The van der Waals surface area contributed by atoms with Gasteiger partial charge in [0.2, 0.25) is 0 Å². The zero-order chi connectivity index (χ0) is 11.0. The smallest absolute Gasteiger partial charge is 0.307 e. The number of benzene rings is 1. The summed E-state index contributed by atoms with van der Waals surface area (Å²) in [4.78, 5) is 25.9. The Kier molecular flexibility index (Phi) is 2.09. The number of rotatable bonds is 1. The number of nitrogens with one attached hydrogen (secondary N) is 2. The Morgan fingerprint density at radius 3 is 2.73 bits per heavy atom. The van der Waals surface area contributed by atoms with Crippen LogP contribution < -0.4 is 5.69 Å². The minimum Gasteiger partial charge on any atom is -0.307 e. The molecule has 1 aromatic heterocycles. The van der Waals surface area contributed by atoms with Gasteiger partial charge in [-0.25, -0.2) is 4.79 Å². The summed E-state index contributed by atoms with van der Waals surface area (Å²) in [6, 6.07) is 4.09. The van der Waals surface area contributed by atoms with E-state index in [1.165, 1.54) is 18.2 Å². The molecule has 2 aromatic rings. The molecule has 6 nitrogen and oxygen atoms in total. The fourth-order valence-electron chi connectivity index (χ4n) is 1.27. The van der Waals surface area contributed by atoms with Gasteiger partial charge in [0.15, 0.2) is 0 Å². The van der Waals surface area contributed by atoms with Gasteiger partial charge in [0, 0.05) is 17.5 Å². The molecule has 0 aliphatic heterocycles. The number of hydrogen-bond acceptors (Lipinski definition) is 4. The van der Waals surface area contributed by atoms with Crippen LogP contribution >= 0.6 is 12.2 Å². The van der Waals surface area contributed by atoms with Crippen molar-refractivity contribution < 1.29 is 4.92 Å². The molecular formula is C8H5N3O3S. The van der Waals surface area contributed by atoms with E-state index in [1.807, 2.05) is 0 Å². The lowest BCUT2D eigenvalue weighted by molar-refractivity contribution is -0.384. The lowest BCUT2D eigenvalue weighted by Gasteiger charge is -1.97. The van der Waals surface area contributed by atoms with Crippen molar-refractivity contribution in [1.29, 1.82) is 0 Å². The zero-order valence-corrected chi connectivity index (χ0v) is 8.13. The van der Waals surface area contributed by atoms with Gasteiger partial charge in [-0.05, 0) is 6.07 Å². The molecule has 0 amide bonds. The van der Waals surface area contributed by atoms with Crippen molar-refractivity contribution in [2.24, 2.45) is 0 Å². The van der Waals surface area contributed by atoms with E-state index in [9.17, 15) is 14.9 Å². The van der Waals surface area contributed by atoms with E-state index in [0.717, 1.165) is 0 Å². The standard InChI is InChI=1S/C8H5N3O3S/c12-8-9-6-2-1-4(11(13)14)3-5(6)7(15)10-8/h1-3H,(H2,9,10,12,15). The third kappa shape index (κ3) is 1.64. The predicted molar refractivity (Wildman–Crippen MR) is 56.4 cm³/mol. The lowest BCUT2D eigenvalue weighted by Crippen LogP contribution is -2.09. The molecule has 1 heterocycles. The maximum Gasteiger partial charge on any atom is 0.324 e. The lowest BCUT2D eigenvalue weighted by atomic mass is 10.2. The second-order valence-electron chi connectivity index (χ2n) is 2.90. The summed E-state index contributed by atoms with van der Waals surface area (Å²) in [5, 5.41) is 11.0. The van der Waals surface area contributed by atoms with Crippen molar-refractivity contribution in [3.8, 4) is 0 Å². The molecule has 15 heavy (non-hydrogen) atoms. The van der Waals surface area contributed by atoms with E-state index < -0.39 is 10.6 Å². The molecule has 0 saturated heterocycles. The molecule has 0 fully saturated rings. The number of fused-ring (bicyclic) bond motifs is 1. The molecule has 0 radical (unpaired) electrons. The summed E-state index contributed by atoms with van der Waals surface area (Å²) < 4.78 is 0.192. The van der Waals surface area contributed by atoms with Crippen LogP contribution in [0.4, 0.5) is 5.69 Å². The van der Waals surface area contributed by atoms with Gasteiger partial charge in [-0.3, -0.25) is 15.1 Å². The maximum atomic E-state index is 11.0. The predicted octanol–water partition coefficient (Wildman–Crippen LogP) is 1.49. The number of H-pyrrole nitrogens is 2. The summed E-state index contributed by atoms with van der Waals surface area (Å²) in [6.45, 7) is 0. The van der Waals surface area contributed by atoms with Crippen LogP contribution in [-0.2, 0) is 0 Å². The average Bonchev–Trinajstić information content (AvgIpc) is 2.16. The largest absolute Gasteiger partial charge is 0.324 e. The van der Waals surface area contributed by atoms with Gasteiger partial charge in [-0.1, -0.05) is 12.2 Å². The Labute approximate surface area is 87.7 Å². The topological polar surface area (TPSA) is 91.8 Å². The minimum atomic E-state index is -0.515. The van der Waals surface area contributed by atoms with Crippen LogP contribution in [0.2, 0.25) is 0 Å². The number of nitro benzene ring substituents is 1. The van der Waals surface area contributed by atoms with Gasteiger partial charge in [0.05, 0.1) is 10.4 Å². The van der Waals surface area contributed by atoms with Crippen molar-refractivity contribution in [2.45, 2.75) is 0 Å². The molecular weight excluding hydrogens is 218 g/mol. The summed E-state index contributed by atoms with van der Waals surface area (Å²) in [6.07, 6.45) is 0. The highest BCUT2D eigenvalue weighted by molar-refractivity contribution is 7.71. The van der Waals surface area contributed by atoms with E-state index in [4.69, 9.17) is 12.2 Å². The third-order valence-electron chi connectivity index (χ3n) is 1.93. The highest BCUT2D eigenvalue weighted by Gasteiger charge is 2.07. The minimum absolute atomic E-state index is 0.0611. The number of nitrogens with zero attached hydrogens (tertiary/aromatic N) is 1. The first kappa shape index (κ1) is 9.53. The van der Waals surface area contributed by atoms with Gasteiger partial charge in [-0.2, -0.15) is 0 Å². The van der Waals surface area contributed by atoms with Crippen LogP contribution in [0.1, 0.15) is 0 Å². The summed E-state index contributed by atoms with van der Waals surface area (Å²) >= 11 is 4.89. The fraction of sp³-hybridized carbons (Fsp3) is 0. The molecule has 2 N–H and O–H groups in total. The Bertz CT molecular complexity index is 658. The molecule has 0 bridgehead atoms. The van der Waals surface area contributed by atoms with Crippen molar-refractivity contribution in [2.75, 3.05) is 0 Å². The van der Waals surface area contributed by atoms with E-state index >= 15 is 0 Å². The number of aromatic amines is 2. The Morgan fingerprint density at radius 1 is 1.33 bits per heavy atom. The molecule has 0 aliphatic carbocycles. The van der Waals surface area contributed by atoms with E-state index in [1.54, 1.807) is 0 Å². The second kappa shape index (κ2) is 3.28. The van der Waals surface area contributed by atoms with Crippen LogP contribution in [0.15, 0.2) is 23.0 Å². The molecule has 76 valence electrons. The molecule has 0 aliphatic rings. The monoisotopic (exact) mass is 223 g/mol. The van der Waals surface area contributed by atoms with Crippen LogP contribution in [0, 0.1) is 14.8 Å². The van der Waals surface area contributed by atoms with Gasteiger partial charge >= 0.3 is 5.69 Å². The first-order valence-corrected chi connectivity index (χ1v) is 4.39. The molecule has 2 rings (SSSR count). The molecule has 0 saturated carbocycles. The third-order valence-corrected chi connectivity index (χ3v) is 2.26. The van der Waals surface area contributed by atoms with E-state index in [2.05, 4.69) is 9.97 Å². The van der Waals surface area contributed by atoms with Crippen LogP contribution in [-0.4, -0.2) is 14.9 Å². The van der Waals surface area contributed by atoms with E-state index in [0.29, 0.717) is 10.9 Å². The summed E-state index contributed by atoms with van der Waals surface area (Å²) in [5.74, 6) is 0. The van der Waals surface area contributed by atoms with Crippen LogP contribution in [0.3, 0.4) is 0 Å². The number of nitro groups is 1. The summed E-state index contributed by atoms with van der Waals surface area (Å²) in [5.41, 5.74) is -0.00949. The fourth-order valence-corrected chi connectivity index (χ4v) is 1.53. The Morgan fingerprint density at radius 2 is 2.07 bits per heavy atom. The normalized spacial score (nSPS) is 10.4. The van der Waals surface area contributed by atoms with Crippen molar-refractivity contribution in [1.82, 2.24) is 9.97 Å². The van der Waals surface area contributed by atoms with Gasteiger partial charge in [0.25, 0.3) is 5.69 Å². The summed E-state index contributed by atoms with van der Waals surface area (Å²) in [7, 11) is 0. The highest BCUT2D eigenvalue weighted by Crippen LogP contribution is 2.18. The van der Waals surface area contributed by atoms with Crippen molar-refractivity contribution in [3.05, 3.63) is 43.4 Å². The quantitative estimate of drug-likeness (QED) is 0.435. The maximum absolute atomic E-state index is 11.0.